The lowest BCUT2D eigenvalue weighted by Gasteiger charge is -2.04. The normalized spacial score (nSPS) is 12.1. The van der Waals surface area contributed by atoms with Crippen LogP contribution in [-0.2, 0) is 6.42 Å². The summed E-state index contributed by atoms with van der Waals surface area (Å²) < 4.78 is 0. The van der Waals surface area contributed by atoms with Crippen molar-refractivity contribution >= 4 is 10.9 Å². The standard InChI is InChI=1S/C12H15NO.C3H8/c1-3-9-10-6-4-5-7-11(10)13-12(9)8(2)14;1-3-2/h4-8,13-14H,3H2,1-2H3;3H2,1-2H3. The number of hydrogen-bond acceptors (Lipinski definition) is 1. The number of aliphatic hydroxyl groups excluding tert-OH is 1. The summed E-state index contributed by atoms with van der Waals surface area (Å²) in [5, 5.41) is 10.8. The van der Waals surface area contributed by atoms with Crippen molar-refractivity contribution in [2.45, 2.75) is 46.6 Å². The lowest BCUT2D eigenvalue weighted by molar-refractivity contribution is 0.194. The molecule has 0 aliphatic rings. The average molecular weight is 233 g/mol. The Hall–Kier alpha value is -1.28. The van der Waals surface area contributed by atoms with E-state index in [1.54, 1.807) is 6.92 Å². The molecule has 2 nitrogen and oxygen atoms in total. The summed E-state index contributed by atoms with van der Waals surface area (Å²) in [5.41, 5.74) is 3.30. The van der Waals surface area contributed by atoms with E-state index in [2.05, 4.69) is 31.8 Å². The van der Waals surface area contributed by atoms with Gasteiger partial charge in [0.2, 0.25) is 0 Å². The van der Waals surface area contributed by atoms with Crippen molar-refractivity contribution in [3.63, 3.8) is 0 Å². The number of aromatic nitrogens is 1. The highest BCUT2D eigenvalue weighted by molar-refractivity contribution is 5.84. The summed E-state index contributed by atoms with van der Waals surface area (Å²) in [6.07, 6.45) is 1.78. The van der Waals surface area contributed by atoms with Gasteiger partial charge in [-0.15, -0.1) is 0 Å². The van der Waals surface area contributed by atoms with Crippen LogP contribution in [0.15, 0.2) is 24.3 Å². The van der Waals surface area contributed by atoms with Crippen molar-refractivity contribution in [2.24, 2.45) is 0 Å². The van der Waals surface area contributed by atoms with E-state index in [4.69, 9.17) is 0 Å². The second kappa shape index (κ2) is 6.45. The Morgan fingerprint density at radius 1 is 1.18 bits per heavy atom. The summed E-state index contributed by atoms with van der Waals surface area (Å²) in [6.45, 7) is 8.16. The van der Waals surface area contributed by atoms with E-state index in [-0.39, 0.29) is 0 Å². The van der Waals surface area contributed by atoms with Crippen LogP contribution in [-0.4, -0.2) is 10.1 Å². The topological polar surface area (TPSA) is 36.0 Å². The summed E-state index contributed by atoms with van der Waals surface area (Å²) in [7, 11) is 0. The Labute approximate surface area is 104 Å². The summed E-state index contributed by atoms with van der Waals surface area (Å²) in [5.74, 6) is 0. The van der Waals surface area contributed by atoms with E-state index in [1.807, 2.05) is 18.2 Å². The zero-order chi connectivity index (χ0) is 12.8. The first-order valence-corrected chi connectivity index (χ1v) is 6.43. The van der Waals surface area contributed by atoms with E-state index in [1.165, 1.54) is 17.4 Å². The van der Waals surface area contributed by atoms with Gasteiger partial charge in [0.15, 0.2) is 0 Å². The van der Waals surface area contributed by atoms with Crippen molar-refractivity contribution in [1.29, 1.82) is 0 Å². The average Bonchev–Trinajstić information content (AvgIpc) is 2.68. The fraction of sp³-hybridized carbons (Fsp3) is 0.467. The molecule has 0 spiro atoms. The lowest BCUT2D eigenvalue weighted by Crippen LogP contribution is -1.95. The first kappa shape index (κ1) is 13.8. The van der Waals surface area contributed by atoms with Gasteiger partial charge in [-0.2, -0.15) is 0 Å². The molecule has 1 aromatic carbocycles. The van der Waals surface area contributed by atoms with Gasteiger partial charge in [-0.1, -0.05) is 45.4 Å². The highest BCUT2D eigenvalue weighted by Gasteiger charge is 2.12. The Morgan fingerprint density at radius 2 is 1.76 bits per heavy atom. The molecular formula is C15H23NO. The van der Waals surface area contributed by atoms with Crippen molar-refractivity contribution in [2.75, 3.05) is 0 Å². The molecule has 1 atom stereocenters. The van der Waals surface area contributed by atoms with Crippen LogP contribution < -0.4 is 0 Å². The number of para-hydroxylation sites is 1. The summed E-state index contributed by atoms with van der Waals surface area (Å²) in [4.78, 5) is 3.26. The highest BCUT2D eigenvalue weighted by Crippen LogP contribution is 2.26. The summed E-state index contributed by atoms with van der Waals surface area (Å²) >= 11 is 0. The van der Waals surface area contributed by atoms with Gasteiger partial charge in [0.1, 0.15) is 0 Å². The molecule has 0 fully saturated rings. The van der Waals surface area contributed by atoms with E-state index < -0.39 is 6.10 Å². The molecule has 1 heterocycles. The molecule has 94 valence electrons. The third-order valence-corrected chi connectivity index (χ3v) is 2.62. The maximum Gasteiger partial charge on any atom is 0.0912 e. The molecule has 0 saturated carbocycles. The van der Waals surface area contributed by atoms with Crippen LogP contribution in [0.25, 0.3) is 10.9 Å². The van der Waals surface area contributed by atoms with E-state index in [0.717, 1.165) is 17.6 Å². The van der Waals surface area contributed by atoms with Gasteiger partial charge < -0.3 is 10.1 Å². The van der Waals surface area contributed by atoms with E-state index in [0.29, 0.717) is 0 Å². The van der Waals surface area contributed by atoms with Crippen molar-refractivity contribution in [1.82, 2.24) is 4.98 Å². The number of fused-ring (bicyclic) bond motifs is 1. The number of aliphatic hydroxyl groups is 1. The van der Waals surface area contributed by atoms with Crippen molar-refractivity contribution < 1.29 is 5.11 Å². The van der Waals surface area contributed by atoms with Crippen LogP contribution in [0.2, 0.25) is 0 Å². The number of aryl methyl sites for hydroxylation is 1. The third kappa shape index (κ3) is 3.10. The quantitative estimate of drug-likeness (QED) is 0.801. The predicted octanol–water partition coefficient (Wildman–Crippen LogP) is 4.20. The first-order valence-electron chi connectivity index (χ1n) is 6.43. The largest absolute Gasteiger partial charge is 0.387 e. The van der Waals surface area contributed by atoms with Gasteiger partial charge in [-0.05, 0) is 25.0 Å². The number of rotatable bonds is 2. The Balaban J connectivity index is 0.000000437. The van der Waals surface area contributed by atoms with E-state index in [9.17, 15) is 5.11 Å². The molecule has 2 aromatic rings. The molecule has 0 aliphatic carbocycles. The molecule has 2 N–H and O–H groups in total. The smallest absolute Gasteiger partial charge is 0.0912 e. The fourth-order valence-corrected chi connectivity index (χ4v) is 1.96. The molecule has 1 aromatic heterocycles. The molecule has 2 heteroatoms. The fourth-order valence-electron chi connectivity index (χ4n) is 1.96. The van der Waals surface area contributed by atoms with Crippen LogP contribution in [0.5, 0.6) is 0 Å². The molecule has 17 heavy (non-hydrogen) atoms. The van der Waals surface area contributed by atoms with Crippen molar-refractivity contribution in [3.8, 4) is 0 Å². The number of nitrogens with one attached hydrogen (secondary N) is 1. The van der Waals surface area contributed by atoms with Gasteiger partial charge in [-0.25, -0.2) is 0 Å². The van der Waals surface area contributed by atoms with Crippen LogP contribution in [0, 0.1) is 0 Å². The molecule has 0 saturated heterocycles. The number of hydrogen-bond donors (Lipinski definition) is 2. The molecule has 0 bridgehead atoms. The maximum absolute atomic E-state index is 9.61. The number of H-pyrrole nitrogens is 1. The highest BCUT2D eigenvalue weighted by atomic mass is 16.3. The molecular weight excluding hydrogens is 210 g/mol. The van der Waals surface area contributed by atoms with Gasteiger partial charge in [0.05, 0.1) is 6.10 Å². The lowest BCUT2D eigenvalue weighted by atomic mass is 10.1. The van der Waals surface area contributed by atoms with Crippen LogP contribution in [0.3, 0.4) is 0 Å². The Morgan fingerprint density at radius 3 is 2.29 bits per heavy atom. The molecule has 0 radical (unpaired) electrons. The Kier molecular flexibility index (Phi) is 5.23. The number of aromatic amines is 1. The predicted molar refractivity (Wildman–Crippen MR) is 74.3 cm³/mol. The second-order valence-electron chi connectivity index (χ2n) is 4.30. The minimum Gasteiger partial charge on any atom is -0.387 e. The monoisotopic (exact) mass is 233 g/mol. The van der Waals surface area contributed by atoms with Gasteiger partial charge >= 0.3 is 0 Å². The van der Waals surface area contributed by atoms with Crippen molar-refractivity contribution in [3.05, 3.63) is 35.5 Å². The minimum atomic E-state index is -0.419. The van der Waals surface area contributed by atoms with Crippen LogP contribution >= 0.6 is 0 Å². The number of benzene rings is 1. The Bertz CT molecular complexity index is 457. The zero-order valence-electron chi connectivity index (χ0n) is 11.2. The zero-order valence-corrected chi connectivity index (χ0v) is 11.2. The SMILES string of the molecule is CCC.CCc1c(C(C)O)[nH]c2ccccc12. The van der Waals surface area contributed by atoms with Gasteiger partial charge in [0.25, 0.3) is 0 Å². The van der Waals surface area contributed by atoms with Crippen LogP contribution in [0.4, 0.5) is 0 Å². The third-order valence-electron chi connectivity index (χ3n) is 2.62. The molecule has 2 rings (SSSR count). The summed E-state index contributed by atoms with van der Waals surface area (Å²) in [6, 6.07) is 8.17. The molecule has 0 amide bonds. The molecule has 1 unspecified atom stereocenters. The molecule has 0 aliphatic heterocycles. The maximum atomic E-state index is 9.61. The first-order chi connectivity index (χ1) is 8.15. The van der Waals surface area contributed by atoms with Gasteiger partial charge in [0, 0.05) is 16.6 Å². The van der Waals surface area contributed by atoms with Gasteiger partial charge in [-0.3, -0.25) is 0 Å². The van der Waals surface area contributed by atoms with Crippen LogP contribution in [0.1, 0.15) is 51.5 Å². The second-order valence-corrected chi connectivity index (χ2v) is 4.30. The van der Waals surface area contributed by atoms with E-state index >= 15 is 0 Å². The minimum absolute atomic E-state index is 0.419.